The second-order valence-corrected chi connectivity index (χ2v) is 9.64. The van der Waals surface area contributed by atoms with E-state index in [0.29, 0.717) is 55.0 Å². The maximum Gasteiger partial charge on any atom is 0.414 e. The minimum absolute atomic E-state index is 0.261. The van der Waals surface area contributed by atoms with Crippen LogP contribution in [0.1, 0.15) is 5.56 Å². The lowest BCUT2D eigenvalue weighted by atomic mass is 10.1. The molecule has 0 saturated carbocycles. The van der Waals surface area contributed by atoms with Crippen LogP contribution < -0.4 is 14.2 Å². The van der Waals surface area contributed by atoms with Gasteiger partial charge in [0.25, 0.3) is 0 Å². The van der Waals surface area contributed by atoms with Gasteiger partial charge >= 0.3 is 11.9 Å². The molecule has 0 aliphatic carbocycles. The Balaban J connectivity index is 0.000000641. The third-order valence-electron chi connectivity index (χ3n) is 5.15. The lowest BCUT2D eigenvalue weighted by Gasteiger charge is -2.34. The molecule has 0 spiro atoms. The summed E-state index contributed by atoms with van der Waals surface area (Å²) >= 11 is 5.87. The number of methoxy groups -OCH3 is 3. The summed E-state index contributed by atoms with van der Waals surface area (Å²) < 4.78 is 43.4. The summed E-state index contributed by atoms with van der Waals surface area (Å²) in [6.45, 7) is 2.69. The quantitative estimate of drug-likeness (QED) is 0.510. The summed E-state index contributed by atoms with van der Waals surface area (Å²) in [6.07, 6.45) is 0. The van der Waals surface area contributed by atoms with E-state index in [1.165, 1.54) is 4.31 Å². The van der Waals surface area contributed by atoms with E-state index in [0.717, 1.165) is 5.56 Å². The summed E-state index contributed by atoms with van der Waals surface area (Å²) in [5, 5.41) is 15.3. The van der Waals surface area contributed by atoms with Crippen LogP contribution in [-0.4, -0.2) is 87.3 Å². The number of rotatable bonds is 7. The number of benzene rings is 2. The van der Waals surface area contributed by atoms with Gasteiger partial charge in [-0.1, -0.05) is 11.6 Å². The molecule has 2 aromatic rings. The van der Waals surface area contributed by atoms with Gasteiger partial charge in [0, 0.05) is 49.4 Å². The Morgan fingerprint density at radius 2 is 1.34 bits per heavy atom. The molecular weight excluding hydrogens is 504 g/mol. The van der Waals surface area contributed by atoms with Crippen molar-refractivity contribution >= 4 is 33.6 Å². The number of nitrogens with zero attached hydrogens (tertiary/aromatic N) is 2. The number of halogens is 1. The van der Waals surface area contributed by atoms with Crippen LogP contribution in [0.2, 0.25) is 5.02 Å². The molecule has 1 heterocycles. The normalized spacial score (nSPS) is 14.4. The predicted molar refractivity (Wildman–Crippen MR) is 127 cm³/mol. The monoisotopic (exact) mass is 530 g/mol. The first kappa shape index (κ1) is 28.2. The first-order chi connectivity index (χ1) is 16.5. The summed E-state index contributed by atoms with van der Waals surface area (Å²) in [4.78, 5) is 20.7. The Kier molecular flexibility index (Phi) is 10.1. The lowest BCUT2D eigenvalue weighted by Crippen LogP contribution is -2.48. The van der Waals surface area contributed by atoms with Crippen LogP contribution >= 0.6 is 11.6 Å². The number of carboxylic acids is 2. The van der Waals surface area contributed by atoms with Crippen LogP contribution in [-0.2, 0) is 26.2 Å². The number of hydrogen-bond acceptors (Lipinski definition) is 8. The summed E-state index contributed by atoms with van der Waals surface area (Å²) in [6, 6.07) is 9.96. The molecule has 0 unspecified atom stereocenters. The Hall–Kier alpha value is -3.06. The van der Waals surface area contributed by atoms with Crippen molar-refractivity contribution in [1.82, 2.24) is 9.21 Å². The van der Waals surface area contributed by atoms with E-state index in [1.54, 1.807) is 51.7 Å². The number of carbonyl (C=O) groups is 2. The Labute approximate surface area is 208 Å². The molecule has 2 aromatic carbocycles. The molecule has 0 atom stereocenters. The fourth-order valence-electron chi connectivity index (χ4n) is 3.34. The number of piperazine rings is 1. The van der Waals surface area contributed by atoms with Crippen molar-refractivity contribution in [2.24, 2.45) is 0 Å². The second-order valence-electron chi connectivity index (χ2n) is 7.26. The Morgan fingerprint density at radius 3 is 1.80 bits per heavy atom. The molecule has 1 aliphatic rings. The molecule has 0 aromatic heterocycles. The first-order valence-electron chi connectivity index (χ1n) is 10.3. The van der Waals surface area contributed by atoms with E-state index in [9.17, 15) is 8.42 Å². The van der Waals surface area contributed by atoms with E-state index in [2.05, 4.69) is 4.90 Å². The van der Waals surface area contributed by atoms with Gasteiger partial charge in [-0.3, -0.25) is 4.90 Å². The minimum Gasteiger partial charge on any atom is -0.496 e. The van der Waals surface area contributed by atoms with Crippen LogP contribution in [0.25, 0.3) is 0 Å². The highest BCUT2D eigenvalue weighted by Crippen LogP contribution is 2.35. The van der Waals surface area contributed by atoms with Gasteiger partial charge in [-0.05, 0) is 30.3 Å². The zero-order valence-electron chi connectivity index (χ0n) is 19.4. The second kappa shape index (κ2) is 12.6. The fraction of sp³-hybridized carbons (Fsp3) is 0.364. The van der Waals surface area contributed by atoms with Crippen molar-refractivity contribution in [3.63, 3.8) is 0 Å². The molecular formula is C22H27ClN2O9S. The molecule has 3 rings (SSSR count). The van der Waals surface area contributed by atoms with E-state index in [1.807, 2.05) is 6.07 Å². The summed E-state index contributed by atoms with van der Waals surface area (Å²) in [5.41, 5.74) is 0.958. The summed E-state index contributed by atoms with van der Waals surface area (Å²) in [5.74, 6) is -1.71. The molecule has 192 valence electrons. The fourth-order valence-corrected chi connectivity index (χ4v) is 4.89. The molecule has 1 fully saturated rings. The topological polar surface area (TPSA) is 143 Å². The van der Waals surface area contributed by atoms with Crippen LogP contribution in [0.15, 0.2) is 41.3 Å². The van der Waals surface area contributed by atoms with Gasteiger partial charge in [-0.15, -0.1) is 0 Å². The van der Waals surface area contributed by atoms with Crippen molar-refractivity contribution in [1.29, 1.82) is 0 Å². The highest BCUT2D eigenvalue weighted by atomic mass is 35.5. The van der Waals surface area contributed by atoms with Crippen molar-refractivity contribution in [2.45, 2.75) is 11.4 Å². The number of ether oxygens (including phenoxy) is 3. The van der Waals surface area contributed by atoms with Gasteiger partial charge in [0.1, 0.15) is 5.75 Å². The SMILES string of the molecule is COc1cc(OC)c(OC)cc1CN1CCN(S(=O)(=O)c2ccc(Cl)cc2)CC1.O=C(O)C(=O)O. The minimum atomic E-state index is -3.52. The average Bonchev–Trinajstić information content (AvgIpc) is 2.84. The van der Waals surface area contributed by atoms with E-state index in [4.69, 9.17) is 45.6 Å². The maximum absolute atomic E-state index is 12.8. The molecule has 0 radical (unpaired) electrons. The first-order valence-corrected chi connectivity index (χ1v) is 12.1. The third-order valence-corrected chi connectivity index (χ3v) is 7.31. The third kappa shape index (κ3) is 7.46. The van der Waals surface area contributed by atoms with Gasteiger partial charge in [0.2, 0.25) is 10.0 Å². The molecule has 1 saturated heterocycles. The predicted octanol–water partition coefficient (Wildman–Crippen LogP) is 2.03. The van der Waals surface area contributed by atoms with Crippen LogP contribution in [0.4, 0.5) is 0 Å². The van der Waals surface area contributed by atoms with Crippen molar-refractivity contribution in [3.8, 4) is 17.2 Å². The van der Waals surface area contributed by atoms with Gasteiger partial charge in [0.15, 0.2) is 11.5 Å². The highest BCUT2D eigenvalue weighted by molar-refractivity contribution is 7.89. The smallest absolute Gasteiger partial charge is 0.414 e. The standard InChI is InChI=1S/C20H25ClN2O5S.C2H2O4/c1-26-18-13-20(28-3)19(27-2)12-15(18)14-22-8-10-23(11-9-22)29(24,25)17-6-4-16(21)5-7-17;3-1(4)2(5)6/h4-7,12-13H,8-11,14H2,1-3H3;(H,3,4)(H,5,6). The molecule has 0 amide bonds. The number of hydrogen-bond donors (Lipinski definition) is 2. The number of aliphatic carboxylic acids is 2. The zero-order valence-corrected chi connectivity index (χ0v) is 21.0. The van der Waals surface area contributed by atoms with E-state index in [-0.39, 0.29) is 4.90 Å². The van der Waals surface area contributed by atoms with Gasteiger partial charge in [-0.25, -0.2) is 18.0 Å². The average molecular weight is 531 g/mol. The largest absolute Gasteiger partial charge is 0.496 e. The molecule has 1 aliphatic heterocycles. The van der Waals surface area contributed by atoms with Gasteiger partial charge < -0.3 is 24.4 Å². The van der Waals surface area contributed by atoms with Gasteiger partial charge in [-0.2, -0.15) is 4.31 Å². The van der Waals surface area contributed by atoms with Crippen LogP contribution in [0.3, 0.4) is 0 Å². The molecule has 11 nitrogen and oxygen atoms in total. The van der Waals surface area contributed by atoms with Crippen molar-refractivity contribution < 1.29 is 42.4 Å². The molecule has 2 N–H and O–H groups in total. The van der Waals surface area contributed by atoms with Gasteiger partial charge in [0.05, 0.1) is 26.2 Å². The lowest BCUT2D eigenvalue weighted by molar-refractivity contribution is -0.159. The van der Waals surface area contributed by atoms with E-state index < -0.39 is 22.0 Å². The van der Waals surface area contributed by atoms with Crippen LogP contribution in [0, 0.1) is 0 Å². The summed E-state index contributed by atoms with van der Waals surface area (Å²) in [7, 11) is 1.26. The molecule has 0 bridgehead atoms. The maximum atomic E-state index is 12.8. The van der Waals surface area contributed by atoms with Crippen molar-refractivity contribution in [2.75, 3.05) is 47.5 Å². The Bertz CT molecular complexity index is 1120. The molecule has 13 heteroatoms. The van der Waals surface area contributed by atoms with Crippen molar-refractivity contribution in [3.05, 3.63) is 47.0 Å². The van der Waals surface area contributed by atoms with Crippen LogP contribution in [0.5, 0.6) is 17.2 Å². The Morgan fingerprint density at radius 1 is 0.857 bits per heavy atom. The van der Waals surface area contributed by atoms with E-state index >= 15 is 0 Å². The molecule has 35 heavy (non-hydrogen) atoms. The zero-order chi connectivity index (χ0) is 26.2. The highest BCUT2D eigenvalue weighted by Gasteiger charge is 2.29. The number of sulfonamides is 1. The number of carboxylic acid groups (broad SMARTS) is 2.